The smallest absolute Gasteiger partial charge is 0.280 e. The molecule has 2 heterocycles. The minimum atomic E-state index is -0.394. The summed E-state index contributed by atoms with van der Waals surface area (Å²) < 4.78 is 2.51. The highest BCUT2D eigenvalue weighted by molar-refractivity contribution is 8.00. The molecule has 0 fully saturated rings. The number of aromatic nitrogens is 4. The SMILES string of the molecule is CC[C@@H](C)Sc1nc(-c2ccccc2)nc2c1c(=O)n(C)c(=O)n2C. The molecule has 0 radical (unpaired) electrons. The van der Waals surface area contributed by atoms with Crippen LogP contribution in [0.2, 0.25) is 0 Å². The van der Waals surface area contributed by atoms with Crippen molar-refractivity contribution in [2.75, 3.05) is 0 Å². The zero-order valence-corrected chi connectivity index (χ0v) is 15.5. The van der Waals surface area contributed by atoms with Gasteiger partial charge in [0, 0.05) is 24.9 Å². The Bertz CT molecular complexity index is 1040. The molecule has 130 valence electrons. The highest BCUT2D eigenvalue weighted by Crippen LogP contribution is 2.29. The van der Waals surface area contributed by atoms with Crippen molar-refractivity contribution >= 4 is 22.8 Å². The van der Waals surface area contributed by atoms with Crippen molar-refractivity contribution < 1.29 is 0 Å². The monoisotopic (exact) mass is 356 g/mol. The molecule has 0 amide bonds. The minimum Gasteiger partial charge on any atom is -0.280 e. The lowest BCUT2D eigenvalue weighted by atomic mass is 10.2. The van der Waals surface area contributed by atoms with E-state index in [4.69, 9.17) is 0 Å². The summed E-state index contributed by atoms with van der Waals surface area (Å²) in [5, 5.41) is 1.31. The molecule has 3 rings (SSSR count). The van der Waals surface area contributed by atoms with E-state index in [1.807, 2.05) is 30.3 Å². The molecule has 0 aliphatic heterocycles. The Balaban J connectivity index is 2.40. The summed E-state index contributed by atoms with van der Waals surface area (Å²) in [6.07, 6.45) is 0.947. The lowest BCUT2D eigenvalue weighted by Gasteiger charge is -2.14. The van der Waals surface area contributed by atoms with Gasteiger partial charge in [-0.05, 0) is 6.42 Å². The summed E-state index contributed by atoms with van der Waals surface area (Å²) in [6.45, 7) is 4.18. The summed E-state index contributed by atoms with van der Waals surface area (Å²) in [6, 6.07) is 9.57. The molecule has 7 heteroatoms. The molecule has 0 spiro atoms. The van der Waals surface area contributed by atoms with Gasteiger partial charge in [0.1, 0.15) is 10.4 Å². The molecule has 0 saturated carbocycles. The first-order valence-electron chi connectivity index (χ1n) is 8.13. The van der Waals surface area contributed by atoms with Crippen molar-refractivity contribution in [2.24, 2.45) is 14.1 Å². The van der Waals surface area contributed by atoms with Crippen LogP contribution in [0.4, 0.5) is 0 Å². The van der Waals surface area contributed by atoms with Crippen LogP contribution in [-0.4, -0.2) is 24.4 Å². The van der Waals surface area contributed by atoms with Crippen molar-refractivity contribution in [1.29, 1.82) is 0 Å². The van der Waals surface area contributed by atoms with Crippen LogP contribution in [0, 0.1) is 0 Å². The normalized spacial score (nSPS) is 12.5. The van der Waals surface area contributed by atoms with E-state index in [-0.39, 0.29) is 5.56 Å². The maximum absolute atomic E-state index is 12.7. The highest BCUT2D eigenvalue weighted by atomic mass is 32.2. The Labute approximate surface area is 149 Å². The first-order chi connectivity index (χ1) is 11.9. The average molecular weight is 356 g/mol. The van der Waals surface area contributed by atoms with Gasteiger partial charge in [0.2, 0.25) is 0 Å². The first-order valence-corrected chi connectivity index (χ1v) is 9.01. The third-order valence-corrected chi connectivity index (χ3v) is 5.44. The number of benzene rings is 1. The Hall–Kier alpha value is -2.41. The number of hydrogen-bond acceptors (Lipinski definition) is 5. The fraction of sp³-hybridized carbons (Fsp3) is 0.333. The third kappa shape index (κ3) is 3.11. The second kappa shape index (κ2) is 6.84. The average Bonchev–Trinajstić information content (AvgIpc) is 2.64. The van der Waals surface area contributed by atoms with Gasteiger partial charge in [0.25, 0.3) is 5.56 Å². The molecule has 0 saturated heterocycles. The van der Waals surface area contributed by atoms with E-state index in [1.165, 1.54) is 23.4 Å². The molecule has 0 aliphatic carbocycles. The van der Waals surface area contributed by atoms with Crippen LogP contribution in [0.15, 0.2) is 44.9 Å². The minimum absolute atomic E-state index is 0.295. The number of hydrogen-bond donors (Lipinski definition) is 0. The summed E-state index contributed by atoms with van der Waals surface area (Å²) in [5.41, 5.74) is 0.467. The third-order valence-electron chi connectivity index (χ3n) is 4.19. The van der Waals surface area contributed by atoms with Gasteiger partial charge in [0.05, 0.1) is 0 Å². The van der Waals surface area contributed by atoms with Crippen molar-refractivity contribution in [2.45, 2.75) is 30.5 Å². The Morgan fingerprint density at radius 1 is 1.08 bits per heavy atom. The molecule has 0 N–H and O–H groups in total. The Kier molecular flexibility index (Phi) is 4.76. The number of thioether (sulfide) groups is 1. The number of aryl methyl sites for hydroxylation is 1. The molecule has 0 aliphatic rings. The Morgan fingerprint density at radius 2 is 1.76 bits per heavy atom. The molecule has 1 atom stereocenters. The van der Waals surface area contributed by atoms with E-state index >= 15 is 0 Å². The van der Waals surface area contributed by atoms with Crippen LogP contribution in [0.5, 0.6) is 0 Å². The van der Waals surface area contributed by atoms with Gasteiger partial charge in [-0.15, -0.1) is 11.8 Å². The molecule has 6 nitrogen and oxygen atoms in total. The van der Waals surface area contributed by atoms with Gasteiger partial charge in [-0.1, -0.05) is 44.2 Å². The number of nitrogens with zero attached hydrogens (tertiary/aromatic N) is 4. The van der Waals surface area contributed by atoms with Crippen LogP contribution < -0.4 is 11.2 Å². The molecule has 3 aromatic rings. The van der Waals surface area contributed by atoms with Crippen LogP contribution in [0.25, 0.3) is 22.4 Å². The number of fused-ring (bicyclic) bond motifs is 1. The summed E-state index contributed by atoms with van der Waals surface area (Å²) in [4.78, 5) is 34.2. The molecular weight excluding hydrogens is 336 g/mol. The highest BCUT2D eigenvalue weighted by Gasteiger charge is 2.19. The molecule has 1 aromatic carbocycles. The van der Waals surface area contributed by atoms with Crippen LogP contribution in [-0.2, 0) is 14.1 Å². The fourth-order valence-corrected chi connectivity index (χ4v) is 3.49. The lowest BCUT2D eigenvalue weighted by Crippen LogP contribution is -2.37. The quantitative estimate of drug-likeness (QED) is 0.531. The lowest BCUT2D eigenvalue weighted by molar-refractivity contribution is 0.703. The van der Waals surface area contributed by atoms with Crippen LogP contribution in [0.3, 0.4) is 0 Å². The zero-order valence-electron chi connectivity index (χ0n) is 14.7. The van der Waals surface area contributed by atoms with Gasteiger partial charge in [0.15, 0.2) is 11.5 Å². The van der Waals surface area contributed by atoms with E-state index in [2.05, 4.69) is 23.8 Å². The van der Waals surface area contributed by atoms with Crippen molar-refractivity contribution in [3.63, 3.8) is 0 Å². The Morgan fingerprint density at radius 3 is 2.40 bits per heavy atom. The predicted molar refractivity (Wildman–Crippen MR) is 101 cm³/mol. The van der Waals surface area contributed by atoms with Crippen LogP contribution >= 0.6 is 11.8 Å². The van der Waals surface area contributed by atoms with Gasteiger partial charge < -0.3 is 0 Å². The van der Waals surface area contributed by atoms with Crippen LogP contribution in [0.1, 0.15) is 20.3 Å². The van der Waals surface area contributed by atoms with Gasteiger partial charge in [-0.25, -0.2) is 14.8 Å². The standard InChI is InChI=1S/C18H20N4O2S/c1-5-11(2)25-16-13-15(21(3)18(24)22(4)17(13)23)19-14(20-16)12-9-7-6-8-10-12/h6-11H,5H2,1-4H3/t11-/m1/s1. The molecule has 25 heavy (non-hydrogen) atoms. The van der Waals surface area contributed by atoms with E-state index < -0.39 is 5.69 Å². The van der Waals surface area contributed by atoms with Crippen molar-refractivity contribution in [1.82, 2.24) is 19.1 Å². The summed E-state index contributed by atoms with van der Waals surface area (Å²) >= 11 is 1.54. The largest absolute Gasteiger partial charge is 0.332 e. The second-order valence-corrected chi connectivity index (χ2v) is 7.39. The molecule has 0 unspecified atom stereocenters. The maximum Gasteiger partial charge on any atom is 0.332 e. The van der Waals surface area contributed by atoms with E-state index in [0.29, 0.717) is 27.1 Å². The second-order valence-electron chi connectivity index (χ2n) is 5.96. The predicted octanol–water partition coefficient (Wildman–Crippen LogP) is 2.58. The molecular formula is C18H20N4O2S. The van der Waals surface area contributed by atoms with E-state index in [0.717, 1.165) is 16.6 Å². The van der Waals surface area contributed by atoms with Gasteiger partial charge in [-0.3, -0.25) is 13.9 Å². The topological polar surface area (TPSA) is 69.8 Å². The van der Waals surface area contributed by atoms with E-state index in [1.54, 1.807) is 7.05 Å². The molecule has 0 bridgehead atoms. The zero-order chi connectivity index (χ0) is 18.1. The maximum atomic E-state index is 12.7. The van der Waals surface area contributed by atoms with Gasteiger partial charge in [-0.2, -0.15) is 0 Å². The first kappa shape index (κ1) is 17.4. The van der Waals surface area contributed by atoms with E-state index in [9.17, 15) is 9.59 Å². The van der Waals surface area contributed by atoms with Crippen molar-refractivity contribution in [3.05, 3.63) is 51.2 Å². The summed E-state index contributed by atoms with van der Waals surface area (Å²) in [7, 11) is 3.11. The van der Waals surface area contributed by atoms with Gasteiger partial charge >= 0.3 is 5.69 Å². The fourth-order valence-electron chi connectivity index (χ4n) is 2.50. The number of rotatable bonds is 4. The van der Waals surface area contributed by atoms with Crippen molar-refractivity contribution in [3.8, 4) is 11.4 Å². The molecule has 2 aromatic heterocycles. The summed E-state index contributed by atoms with van der Waals surface area (Å²) in [5.74, 6) is 0.516.